The largest absolute Gasteiger partial charge is 0.377 e. The fourth-order valence-electron chi connectivity index (χ4n) is 7.99. The van der Waals surface area contributed by atoms with Crippen molar-refractivity contribution in [1.82, 2.24) is 0 Å². The fourth-order valence-corrected chi connectivity index (χ4v) is 7.99. The van der Waals surface area contributed by atoms with Crippen molar-refractivity contribution in [3.05, 3.63) is 11.6 Å². The number of carbonyl (C=O) groups is 1. The van der Waals surface area contributed by atoms with E-state index in [1.807, 2.05) is 6.08 Å². The van der Waals surface area contributed by atoms with E-state index in [-0.39, 0.29) is 5.41 Å². The number of hydrogen-bond acceptors (Lipinski definition) is 2. The van der Waals surface area contributed by atoms with Gasteiger partial charge in [-0.05, 0) is 92.5 Å². The number of aliphatic hydroxyl groups is 1. The van der Waals surface area contributed by atoms with Crippen molar-refractivity contribution < 1.29 is 9.90 Å². The molecule has 26 heavy (non-hydrogen) atoms. The molecule has 4 fully saturated rings. The van der Waals surface area contributed by atoms with Crippen molar-refractivity contribution in [2.24, 2.45) is 40.9 Å². The summed E-state index contributed by atoms with van der Waals surface area (Å²) in [5, 5.41) is 11.7. The van der Waals surface area contributed by atoms with Gasteiger partial charge in [0, 0.05) is 17.8 Å². The quantitative estimate of drug-likeness (QED) is 0.733. The molecule has 2 nitrogen and oxygen atoms in total. The van der Waals surface area contributed by atoms with Gasteiger partial charge in [-0.3, -0.25) is 4.79 Å². The van der Waals surface area contributed by atoms with Gasteiger partial charge in [0.2, 0.25) is 0 Å². The van der Waals surface area contributed by atoms with Gasteiger partial charge in [0.25, 0.3) is 0 Å². The molecule has 0 spiro atoms. The SMILES string of the molecule is C#CC#C[C@]1(O)[C@@H]2C[C@@H]2[C@H]2[C@@H]3CCC4=CC(=O)CC[C@@H]4[C@H]3CC[C@@]21CC. The molecule has 0 aromatic carbocycles. The maximum absolute atomic E-state index is 11.9. The van der Waals surface area contributed by atoms with Crippen molar-refractivity contribution in [2.75, 3.05) is 0 Å². The lowest BCUT2D eigenvalue weighted by Gasteiger charge is -2.57. The van der Waals surface area contributed by atoms with Gasteiger partial charge in [0.1, 0.15) is 5.60 Å². The Kier molecular flexibility index (Phi) is 3.52. The maximum Gasteiger partial charge on any atom is 0.155 e. The lowest BCUT2D eigenvalue weighted by atomic mass is 9.48. The van der Waals surface area contributed by atoms with Crippen LogP contribution in [0.1, 0.15) is 58.3 Å². The molecule has 2 heteroatoms. The van der Waals surface area contributed by atoms with Crippen LogP contribution in [0.2, 0.25) is 0 Å². The zero-order valence-corrected chi connectivity index (χ0v) is 15.6. The summed E-state index contributed by atoms with van der Waals surface area (Å²) in [7, 11) is 0. The van der Waals surface area contributed by atoms with Crippen LogP contribution in [0.3, 0.4) is 0 Å². The molecule has 0 saturated heterocycles. The van der Waals surface area contributed by atoms with E-state index in [2.05, 4.69) is 24.7 Å². The molecule has 4 saturated carbocycles. The zero-order chi connectivity index (χ0) is 18.1. The van der Waals surface area contributed by atoms with Crippen LogP contribution in [-0.4, -0.2) is 16.5 Å². The molecular weight excluding hydrogens is 320 g/mol. The Balaban J connectivity index is 1.53. The smallest absolute Gasteiger partial charge is 0.155 e. The predicted octanol–water partition coefficient (Wildman–Crippen LogP) is 3.74. The van der Waals surface area contributed by atoms with Crippen LogP contribution in [0, 0.1) is 65.1 Å². The number of fused-ring (bicyclic) bond motifs is 7. The van der Waals surface area contributed by atoms with Crippen LogP contribution >= 0.6 is 0 Å². The Bertz CT molecular complexity index is 789. The molecule has 8 atom stereocenters. The Morgan fingerprint density at radius 2 is 2.08 bits per heavy atom. The van der Waals surface area contributed by atoms with Crippen LogP contribution in [-0.2, 0) is 4.79 Å². The van der Waals surface area contributed by atoms with Crippen LogP contribution in [0.4, 0.5) is 0 Å². The van der Waals surface area contributed by atoms with E-state index in [1.54, 1.807) is 0 Å². The van der Waals surface area contributed by atoms with E-state index >= 15 is 0 Å². The van der Waals surface area contributed by atoms with Crippen molar-refractivity contribution in [3.8, 4) is 24.2 Å². The Morgan fingerprint density at radius 1 is 1.23 bits per heavy atom. The Labute approximate surface area is 156 Å². The van der Waals surface area contributed by atoms with Gasteiger partial charge in [0.05, 0.1) is 0 Å². The van der Waals surface area contributed by atoms with E-state index in [0.29, 0.717) is 41.3 Å². The first kappa shape index (κ1) is 16.6. The van der Waals surface area contributed by atoms with Crippen molar-refractivity contribution in [2.45, 2.75) is 63.9 Å². The molecule has 0 unspecified atom stereocenters. The number of carbonyl (C=O) groups excluding carboxylic acids is 1. The molecule has 0 bridgehead atoms. The number of ketones is 1. The van der Waals surface area contributed by atoms with Gasteiger partial charge in [-0.15, -0.1) is 6.42 Å². The predicted molar refractivity (Wildman–Crippen MR) is 101 cm³/mol. The van der Waals surface area contributed by atoms with E-state index in [0.717, 1.165) is 38.5 Å². The van der Waals surface area contributed by atoms with E-state index in [4.69, 9.17) is 6.42 Å². The first-order chi connectivity index (χ1) is 12.6. The third-order valence-corrected chi connectivity index (χ3v) is 8.93. The second-order valence-electron chi connectivity index (χ2n) is 9.44. The molecule has 0 aliphatic heterocycles. The number of rotatable bonds is 1. The Morgan fingerprint density at radius 3 is 2.85 bits per heavy atom. The molecule has 1 N–H and O–H groups in total. The highest BCUT2D eigenvalue weighted by molar-refractivity contribution is 5.91. The van der Waals surface area contributed by atoms with Crippen LogP contribution in [0.15, 0.2) is 11.6 Å². The van der Waals surface area contributed by atoms with Crippen molar-refractivity contribution in [3.63, 3.8) is 0 Å². The summed E-state index contributed by atoms with van der Waals surface area (Å²) in [4.78, 5) is 11.9. The van der Waals surface area contributed by atoms with Gasteiger partial charge in [-0.25, -0.2) is 0 Å². The monoisotopic (exact) mass is 348 g/mol. The number of terminal acetylenes is 1. The summed E-state index contributed by atoms with van der Waals surface area (Å²) in [5.41, 5.74) is 0.476. The van der Waals surface area contributed by atoms with E-state index in [9.17, 15) is 9.90 Å². The third kappa shape index (κ3) is 1.92. The minimum Gasteiger partial charge on any atom is -0.377 e. The molecule has 0 radical (unpaired) electrons. The summed E-state index contributed by atoms with van der Waals surface area (Å²) in [6, 6.07) is 0. The number of allylic oxidation sites excluding steroid dienone is 1. The average molecular weight is 348 g/mol. The zero-order valence-electron chi connectivity index (χ0n) is 15.6. The fraction of sp³-hybridized carbons (Fsp3) is 0.708. The van der Waals surface area contributed by atoms with Crippen molar-refractivity contribution in [1.29, 1.82) is 0 Å². The van der Waals surface area contributed by atoms with E-state index < -0.39 is 5.60 Å². The highest BCUT2D eigenvalue weighted by atomic mass is 16.3. The van der Waals surface area contributed by atoms with Gasteiger partial charge in [-0.1, -0.05) is 18.4 Å². The molecular formula is C24H28O2. The molecule has 5 aliphatic rings. The summed E-state index contributed by atoms with van der Waals surface area (Å²) in [5.74, 6) is 12.3. The molecule has 5 rings (SSSR count). The molecule has 0 aromatic rings. The van der Waals surface area contributed by atoms with E-state index in [1.165, 1.54) is 18.4 Å². The Hall–Kier alpha value is -1.51. The maximum atomic E-state index is 11.9. The summed E-state index contributed by atoms with van der Waals surface area (Å²) < 4.78 is 0. The minimum absolute atomic E-state index is 0.0721. The van der Waals surface area contributed by atoms with Crippen LogP contribution in [0.25, 0.3) is 0 Å². The molecule has 0 aromatic heterocycles. The summed E-state index contributed by atoms with van der Waals surface area (Å²) >= 11 is 0. The summed E-state index contributed by atoms with van der Waals surface area (Å²) in [6.07, 6.45) is 15.8. The molecule has 0 heterocycles. The molecule has 136 valence electrons. The van der Waals surface area contributed by atoms with Crippen molar-refractivity contribution >= 4 is 5.78 Å². The first-order valence-electron chi connectivity index (χ1n) is 10.5. The van der Waals surface area contributed by atoms with Gasteiger partial charge >= 0.3 is 0 Å². The summed E-state index contributed by atoms with van der Waals surface area (Å²) in [6.45, 7) is 2.24. The lowest BCUT2D eigenvalue weighted by molar-refractivity contribution is -0.123. The second-order valence-corrected chi connectivity index (χ2v) is 9.44. The van der Waals surface area contributed by atoms with Gasteiger partial charge in [-0.2, -0.15) is 0 Å². The highest BCUT2D eigenvalue weighted by Gasteiger charge is 2.76. The standard InChI is InChI=1S/C24H28O2/c1-3-5-11-24(26)21-14-20(21)22-19-8-6-15-13-16(25)7-9-17(15)18(19)10-12-23(22,24)4-2/h1,13,17-22,26H,4,6-10,12,14H2,2H3/t17-,18+,19+,20-,21+,22+,23-,24-/m0/s1. The van der Waals surface area contributed by atoms with Crippen LogP contribution < -0.4 is 0 Å². The van der Waals surface area contributed by atoms with Crippen LogP contribution in [0.5, 0.6) is 0 Å². The highest BCUT2D eigenvalue weighted by Crippen LogP contribution is 2.76. The average Bonchev–Trinajstić information content (AvgIpc) is 3.41. The molecule has 0 amide bonds. The van der Waals surface area contributed by atoms with Gasteiger partial charge in [0.15, 0.2) is 5.78 Å². The van der Waals surface area contributed by atoms with Gasteiger partial charge < -0.3 is 5.11 Å². The second kappa shape index (κ2) is 5.50. The topological polar surface area (TPSA) is 37.3 Å². The first-order valence-corrected chi connectivity index (χ1v) is 10.5. The molecule has 5 aliphatic carbocycles. The normalized spacial score (nSPS) is 50.8. The lowest BCUT2D eigenvalue weighted by Crippen LogP contribution is -2.56. The minimum atomic E-state index is -0.882. The third-order valence-electron chi connectivity index (χ3n) is 8.93. The number of hydrogen-bond donors (Lipinski definition) is 1.